The van der Waals surface area contributed by atoms with Crippen LogP contribution in [0.4, 0.5) is 0 Å². The Morgan fingerprint density at radius 2 is 1.89 bits per heavy atom. The predicted octanol–water partition coefficient (Wildman–Crippen LogP) is 4.23. The van der Waals surface area contributed by atoms with E-state index in [9.17, 15) is 0 Å². The number of nitrogens with two attached hydrogens (primary N) is 1. The van der Waals surface area contributed by atoms with Crippen molar-refractivity contribution in [1.82, 2.24) is 0 Å². The van der Waals surface area contributed by atoms with E-state index < -0.39 is 0 Å². The maximum atomic E-state index is 5.95. The van der Waals surface area contributed by atoms with Crippen molar-refractivity contribution < 1.29 is 0 Å². The molecule has 0 atom stereocenters. The van der Waals surface area contributed by atoms with Crippen LogP contribution in [0, 0.1) is 19.8 Å². The van der Waals surface area contributed by atoms with E-state index in [-0.39, 0.29) is 0 Å². The Morgan fingerprint density at radius 1 is 1.17 bits per heavy atom. The van der Waals surface area contributed by atoms with Crippen LogP contribution in [0.3, 0.4) is 0 Å². The van der Waals surface area contributed by atoms with Gasteiger partial charge >= 0.3 is 0 Å². The van der Waals surface area contributed by atoms with Crippen LogP contribution in [0.15, 0.2) is 23.8 Å². The van der Waals surface area contributed by atoms with Crippen LogP contribution in [0.2, 0.25) is 0 Å². The predicted molar refractivity (Wildman–Crippen MR) is 79.5 cm³/mol. The molecule has 0 aliphatic heterocycles. The van der Waals surface area contributed by atoms with Gasteiger partial charge in [0, 0.05) is 6.54 Å². The molecule has 0 aromatic heterocycles. The lowest BCUT2D eigenvalue weighted by Gasteiger charge is -2.24. The molecule has 0 saturated heterocycles. The molecule has 1 aliphatic carbocycles. The molecule has 0 bridgehead atoms. The lowest BCUT2D eigenvalue weighted by Crippen LogP contribution is -2.16. The average Bonchev–Trinajstić information content (AvgIpc) is 2.41. The van der Waals surface area contributed by atoms with E-state index in [1.165, 1.54) is 54.4 Å². The zero-order valence-corrected chi connectivity index (χ0v) is 11.7. The summed E-state index contributed by atoms with van der Waals surface area (Å²) < 4.78 is 0. The van der Waals surface area contributed by atoms with Crippen LogP contribution >= 0.6 is 0 Å². The van der Waals surface area contributed by atoms with E-state index in [1.54, 1.807) is 0 Å². The minimum atomic E-state index is 0.706. The van der Waals surface area contributed by atoms with Crippen molar-refractivity contribution in [1.29, 1.82) is 0 Å². The third kappa shape index (κ3) is 3.23. The Hall–Kier alpha value is -1.08. The lowest BCUT2D eigenvalue weighted by molar-refractivity contribution is 0.401. The fourth-order valence-electron chi connectivity index (χ4n) is 2.89. The van der Waals surface area contributed by atoms with Gasteiger partial charge in [-0.25, -0.2) is 0 Å². The molecule has 0 amide bonds. The Balaban J connectivity index is 2.19. The van der Waals surface area contributed by atoms with Crippen molar-refractivity contribution >= 4 is 6.08 Å². The van der Waals surface area contributed by atoms with Crippen molar-refractivity contribution in [3.05, 3.63) is 40.5 Å². The maximum Gasteiger partial charge on any atom is 0.0142 e. The van der Waals surface area contributed by atoms with Crippen LogP contribution in [-0.2, 0) is 0 Å². The molecule has 1 saturated carbocycles. The van der Waals surface area contributed by atoms with Gasteiger partial charge in [-0.15, -0.1) is 0 Å². The van der Waals surface area contributed by atoms with Gasteiger partial charge in [0.05, 0.1) is 0 Å². The molecular formula is C17H25N. The molecule has 1 fully saturated rings. The van der Waals surface area contributed by atoms with Crippen molar-refractivity contribution in [2.45, 2.75) is 46.0 Å². The van der Waals surface area contributed by atoms with Gasteiger partial charge in [0.15, 0.2) is 0 Å². The maximum absolute atomic E-state index is 5.95. The molecule has 1 heteroatoms. The van der Waals surface area contributed by atoms with Crippen molar-refractivity contribution in [3.8, 4) is 0 Å². The monoisotopic (exact) mass is 243 g/mol. The summed E-state index contributed by atoms with van der Waals surface area (Å²) >= 11 is 0. The van der Waals surface area contributed by atoms with Gasteiger partial charge in [-0.3, -0.25) is 0 Å². The van der Waals surface area contributed by atoms with E-state index >= 15 is 0 Å². The van der Waals surface area contributed by atoms with Crippen LogP contribution in [0.25, 0.3) is 6.08 Å². The quantitative estimate of drug-likeness (QED) is 0.845. The van der Waals surface area contributed by atoms with E-state index in [0.29, 0.717) is 6.54 Å². The number of aryl methyl sites for hydroxylation is 2. The molecule has 1 aromatic carbocycles. The number of benzene rings is 1. The Kier molecular flexibility index (Phi) is 4.60. The Bertz CT molecular complexity index is 425. The Morgan fingerprint density at radius 3 is 2.50 bits per heavy atom. The molecule has 1 nitrogen and oxygen atoms in total. The summed E-state index contributed by atoms with van der Waals surface area (Å²) in [5.74, 6) is 0.727. The molecule has 0 radical (unpaired) electrons. The fourth-order valence-corrected chi connectivity index (χ4v) is 2.89. The van der Waals surface area contributed by atoms with E-state index in [2.05, 4.69) is 38.1 Å². The first-order valence-corrected chi connectivity index (χ1v) is 7.18. The molecular weight excluding hydrogens is 218 g/mol. The highest BCUT2D eigenvalue weighted by molar-refractivity contribution is 5.55. The highest BCUT2D eigenvalue weighted by Gasteiger charge is 2.16. The molecule has 98 valence electrons. The normalized spacial score (nSPS) is 18.1. The summed E-state index contributed by atoms with van der Waals surface area (Å²) in [5, 5.41) is 0. The number of hydrogen-bond donors (Lipinski definition) is 1. The SMILES string of the molecule is Cc1ccc(C=C(CN)C2CCCCC2)cc1C. The highest BCUT2D eigenvalue weighted by Crippen LogP contribution is 2.30. The topological polar surface area (TPSA) is 26.0 Å². The van der Waals surface area contributed by atoms with Gasteiger partial charge in [0.1, 0.15) is 0 Å². The lowest BCUT2D eigenvalue weighted by atomic mass is 9.83. The molecule has 0 unspecified atom stereocenters. The van der Waals surface area contributed by atoms with Crippen molar-refractivity contribution in [2.24, 2.45) is 11.7 Å². The summed E-state index contributed by atoms with van der Waals surface area (Å²) in [5.41, 5.74) is 11.4. The van der Waals surface area contributed by atoms with E-state index in [4.69, 9.17) is 5.73 Å². The summed E-state index contributed by atoms with van der Waals surface area (Å²) in [4.78, 5) is 0. The first kappa shape index (κ1) is 13.4. The largest absolute Gasteiger partial charge is 0.327 e. The van der Waals surface area contributed by atoms with Crippen molar-refractivity contribution in [3.63, 3.8) is 0 Å². The molecule has 2 N–H and O–H groups in total. The summed E-state index contributed by atoms with van der Waals surface area (Å²) in [6.07, 6.45) is 9.12. The summed E-state index contributed by atoms with van der Waals surface area (Å²) in [6.45, 7) is 5.04. The van der Waals surface area contributed by atoms with Gasteiger partial charge in [-0.1, -0.05) is 49.1 Å². The molecule has 2 rings (SSSR count). The second kappa shape index (κ2) is 6.19. The molecule has 18 heavy (non-hydrogen) atoms. The summed E-state index contributed by atoms with van der Waals surface area (Å²) in [7, 11) is 0. The number of hydrogen-bond acceptors (Lipinski definition) is 1. The Labute approximate surface area is 111 Å². The van der Waals surface area contributed by atoms with Gasteiger partial charge in [0.2, 0.25) is 0 Å². The first-order valence-electron chi connectivity index (χ1n) is 7.18. The molecule has 0 spiro atoms. The van der Waals surface area contributed by atoms with Gasteiger partial charge in [0.25, 0.3) is 0 Å². The van der Waals surface area contributed by atoms with Gasteiger partial charge < -0.3 is 5.73 Å². The zero-order valence-electron chi connectivity index (χ0n) is 11.7. The van der Waals surface area contributed by atoms with Crippen LogP contribution in [0.5, 0.6) is 0 Å². The molecule has 1 aliphatic rings. The minimum absolute atomic E-state index is 0.706. The third-order valence-electron chi connectivity index (χ3n) is 4.25. The summed E-state index contributed by atoms with van der Waals surface area (Å²) in [6, 6.07) is 6.69. The van der Waals surface area contributed by atoms with Crippen LogP contribution in [0.1, 0.15) is 48.8 Å². The van der Waals surface area contributed by atoms with E-state index in [0.717, 1.165) is 5.92 Å². The van der Waals surface area contributed by atoms with Crippen LogP contribution in [-0.4, -0.2) is 6.54 Å². The molecule has 0 heterocycles. The van der Waals surface area contributed by atoms with Gasteiger partial charge in [-0.2, -0.15) is 0 Å². The number of rotatable bonds is 3. The third-order valence-corrected chi connectivity index (χ3v) is 4.25. The van der Waals surface area contributed by atoms with Crippen LogP contribution < -0.4 is 5.73 Å². The fraction of sp³-hybridized carbons (Fsp3) is 0.529. The second-order valence-corrected chi connectivity index (χ2v) is 5.60. The minimum Gasteiger partial charge on any atom is -0.327 e. The smallest absolute Gasteiger partial charge is 0.0142 e. The zero-order chi connectivity index (χ0) is 13.0. The molecule has 1 aromatic rings. The average molecular weight is 243 g/mol. The second-order valence-electron chi connectivity index (χ2n) is 5.60. The van der Waals surface area contributed by atoms with E-state index in [1.807, 2.05) is 0 Å². The standard InChI is InChI=1S/C17H25N/c1-13-8-9-15(10-14(13)2)11-17(12-18)16-6-4-3-5-7-16/h8-11,16H,3-7,12,18H2,1-2H3. The first-order chi connectivity index (χ1) is 8.70. The van der Waals surface area contributed by atoms with Gasteiger partial charge in [-0.05, 0) is 49.3 Å². The van der Waals surface area contributed by atoms with Crippen molar-refractivity contribution in [2.75, 3.05) is 6.54 Å². The highest BCUT2D eigenvalue weighted by atomic mass is 14.5.